The van der Waals surface area contributed by atoms with Crippen LogP contribution in [-0.2, 0) is 20.7 Å². The van der Waals surface area contributed by atoms with E-state index in [4.69, 9.17) is 4.74 Å². The number of amides is 1. The van der Waals surface area contributed by atoms with Gasteiger partial charge in [-0.05, 0) is 29.8 Å². The first-order chi connectivity index (χ1) is 12.0. The van der Waals surface area contributed by atoms with Crippen LogP contribution in [0.25, 0.3) is 0 Å². The molecule has 8 heteroatoms. The monoisotopic (exact) mass is 344 g/mol. The highest BCUT2D eigenvalue weighted by Gasteiger charge is 2.08. The van der Waals surface area contributed by atoms with Crippen molar-refractivity contribution in [3.8, 4) is 5.75 Å². The van der Waals surface area contributed by atoms with Gasteiger partial charge in [-0.15, -0.1) is 0 Å². The number of carbonyl (C=O) groups is 2. The van der Waals surface area contributed by atoms with Crippen LogP contribution in [0.15, 0.2) is 48.5 Å². The van der Waals surface area contributed by atoms with E-state index in [1.54, 1.807) is 24.3 Å². The van der Waals surface area contributed by atoms with Crippen molar-refractivity contribution in [3.63, 3.8) is 0 Å². The van der Waals surface area contributed by atoms with Crippen LogP contribution in [0.5, 0.6) is 5.75 Å². The quantitative estimate of drug-likeness (QED) is 0.469. The Morgan fingerprint density at radius 2 is 1.72 bits per heavy atom. The Morgan fingerprint density at radius 3 is 2.28 bits per heavy atom. The SMILES string of the molecule is COC(=O)Cc1ccc(NC(=O)COc2ccc([N+](=O)[O-])cc2)cc1. The van der Waals surface area contributed by atoms with E-state index in [-0.39, 0.29) is 30.6 Å². The van der Waals surface area contributed by atoms with E-state index in [2.05, 4.69) is 10.1 Å². The number of nitro groups is 1. The molecule has 0 bridgehead atoms. The van der Waals surface area contributed by atoms with E-state index in [1.165, 1.54) is 31.4 Å². The lowest BCUT2D eigenvalue weighted by atomic mass is 10.1. The van der Waals surface area contributed by atoms with Crippen LogP contribution in [-0.4, -0.2) is 30.5 Å². The van der Waals surface area contributed by atoms with Crippen molar-refractivity contribution in [2.75, 3.05) is 19.0 Å². The molecule has 0 atom stereocenters. The molecule has 0 radical (unpaired) electrons. The highest BCUT2D eigenvalue weighted by Crippen LogP contribution is 2.17. The summed E-state index contributed by atoms with van der Waals surface area (Å²) in [5, 5.41) is 13.2. The van der Waals surface area contributed by atoms with E-state index in [0.717, 1.165) is 5.56 Å². The van der Waals surface area contributed by atoms with Crippen LogP contribution >= 0.6 is 0 Å². The predicted octanol–water partition coefficient (Wildman–Crippen LogP) is 2.33. The Labute approximate surface area is 143 Å². The van der Waals surface area contributed by atoms with Gasteiger partial charge in [0.15, 0.2) is 6.61 Å². The Balaban J connectivity index is 1.83. The average Bonchev–Trinajstić information content (AvgIpc) is 2.62. The minimum Gasteiger partial charge on any atom is -0.484 e. The molecule has 0 unspecified atom stereocenters. The minimum absolute atomic E-state index is 0.0520. The summed E-state index contributed by atoms with van der Waals surface area (Å²) in [5.41, 5.74) is 1.28. The molecule has 130 valence electrons. The van der Waals surface area contributed by atoms with Gasteiger partial charge in [0.2, 0.25) is 0 Å². The van der Waals surface area contributed by atoms with Gasteiger partial charge in [0.25, 0.3) is 11.6 Å². The Kier molecular flexibility index (Phi) is 6.05. The van der Waals surface area contributed by atoms with Gasteiger partial charge < -0.3 is 14.8 Å². The summed E-state index contributed by atoms with van der Waals surface area (Å²) in [6.45, 7) is -0.234. The summed E-state index contributed by atoms with van der Waals surface area (Å²) >= 11 is 0. The van der Waals surface area contributed by atoms with Crippen LogP contribution in [0.3, 0.4) is 0 Å². The number of non-ortho nitro benzene ring substituents is 1. The zero-order chi connectivity index (χ0) is 18.2. The molecule has 0 spiro atoms. The zero-order valence-corrected chi connectivity index (χ0v) is 13.4. The maximum Gasteiger partial charge on any atom is 0.309 e. The molecule has 0 aromatic heterocycles. The molecule has 0 aliphatic carbocycles. The molecule has 2 aromatic carbocycles. The Morgan fingerprint density at radius 1 is 1.08 bits per heavy atom. The summed E-state index contributed by atoms with van der Waals surface area (Å²) in [5.74, 6) is -0.360. The summed E-state index contributed by atoms with van der Waals surface area (Å²) in [6, 6.07) is 12.2. The fourth-order valence-corrected chi connectivity index (χ4v) is 1.95. The molecule has 0 saturated carbocycles. The van der Waals surface area contributed by atoms with Gasteiger partial charge in [-0.2, -0.15) is 0 Å². The first-order valence-electron chi connectivity index (χ1n) is 7.31. The summed E-state index contributed by atoms with van der Waals surface area (Å²) in [4.78, 5) is 33.1. The number of methoxy groups -OCH3 is 1. The molecule has 0 aliphatic rings. The number of rotatable bonds is 7. The molecule has 8 nitrogen and oxygen atoms in total. The first kappa shape index (κ1) is 17.9. The van der Waals surface area contributed by atoms with E-state index in [0.29, 0.717) is 11.4 Å². The van der Waals surface area contributed by atoms with Crippen LogP contribution in [0.2, 0.25) is 0 Å². The Bertz CT molecular complexity index is 756. The maximum atomic E-state index is 11.9. The minimum atomic E-state index is -0.514. The zero-order valence-electron chi connectivity index (χ0n) is 13.4. The third-order valence-corrected chi connectivity index (χ3v) is 3.23. The number of hydrogen-bond donors (Lipinski definition) is 1. The van der Waals surface area contributed by atoms with Gasteiger partial charge in [0, 0.05) is 17.8 Å². The third-order valence-electron chi connectivity index (χ3n) is 3.23. The van der Waals surface area contributed by atoms with Gasteiger partial charge >= 0.3 is 5.97 Å². The highest BCUT2D eigenvalue weighted by molar-refractivity contribution is 5.91. The van der Waals surface area contributed by atoms with Gasteiger partial charge in [0.1, 0.15) is 5.75 Å². The smallest absolute Gasteiger partial charge is 0.309 e. The fraction of sp³-hybridized carbons (Fsp3) is 0.176. The second-order valence-electron chi connectivity index (χ2n) is 5.04. The molecule has 0 saturated heterocycles. The summed E-state index contributed by atoms with van der Waals surface area (Å²) in [6.07, 6.45) is 0.161. The van der Waals surface area contributed by atoms with E-state index in [1.807, 2.05) is 0 Å². The lowest BCUT2D eigenvalue weighted by Gasteiger charge is -2.08. The number of nitro benzene ring substituents is 1. The second kappa shape index (κ2) is 8.44. The molecule has 0 fully saturated rings. The van der Waals surface area contributed by atoms with Gasteiger partial charge in [0.05, 0.1) is 18.5 Å². The predicted molar refractivity (Wildman–Crippen MR) is 89.4 cm³/mol. The number of esters is 1. The maximum absolute atomic E-state index is 11.9. The number of ether oxygens (including phenoxy) is 2. The molecule has 2 rings (SSSR count). The summed E-state index contributed by atoms with van der Waals surface area (Å²) < 4.78 is 9.85. The molecule has 0 aliphatic heterocycles. The van der Waals surface area contributed by atoms with E-state index >= 15 is 0 Å². The topological polar surface area (TPSA) is 108 Å². The lowest BCUT2D eigenvalue weighted by molar-refractivity contribution is -0.384. The third kappa shape index (κ3) is 5.61. The van der Waals surface area contributed by atoms with Crippen molar-refractivity contribution in [2.45, 2.75) is 6.42 Å². The van der Waals surface area contributed by atoms with E-state index < -0.39 is 4.92 Å². The number of carbonyl (C=O) groups excluding carboxylic acids is 2. The summed E-state index contributed by atoms with van der Waals surface area (Å²) in [7, 11) is 1.32. The van der Waals surface area contributed by atoms with Crippen molar-refractivity contribution >= 4 is 23.3 Å². The van der Waals surface area contributed by atoms with Gasteiger partial charge in [-0.3, -0.25) is 19.7 Å². The van der Waals surface area contributed by atoms with Crippen molar-refractivity contribution in [2.24, 2.45) is 0 Å². The standard InChI is InChI=1S/C17H16N2O6/c1-24-17(21)10-12-2-4-13(5-3-12)18-16(20)11-25-15-8-6-14(7-9-15)19(22)23/h2-9H,10-11H2,1H3,(H,18,20). The van der Waals surface area contributed by atoms with Crippen LogP contribution < -0.4 is 10.1 Å². The van der Waals surface area contributed by atoms with Crippen molar-refractivity contribution in [1.29, 1.82) is 0 Å². The van der Waals surface area contributed by atoms with Crippen LogP contribution in [0, 0.1) is 10.1 Å². The largest absolute Gasteiger partial charge is 0.484 e. The number of nitrogens with one attached hydrogen (secondary N) is 1. The molecular weight excluding hydrogens is 328 g/mol. The number of benzene rings is 2. The van der Waals surface area contributed by atoms with Crippen molar-refractivity contribution < 1.29 is 24.0 Å². The number of anilines is 1. The lowest BCUT2D eigenvalue weighted by Crippen LogP contribution is -2.20. The highest BCUT2D eigenvalue weighted by atomic mass is 16.6. The molecule has 25 heavy (non-hydrogen) atoms. The number of hydrogen-bond acceptors (Lipinski definition) is 6. The molecule has 2 aromatic rings. The average molecular weight is 344 g/mol. The van der Waals surface area contributed by atoms with E-state index in [9.17, 15) is 19.7 Å². The fourth-order valence-electron chi connectivity index (χ4n) is 1.95. The molecule has 0 heterocycles. The van der Waals surface area contributed by atoms with Crippen molar-refractivity contribution in [3.05, 3.63) is 64.2 Å². The van der Waals surface area contributed by atoms with Crippen LogP contribution in [0.4, 0.5) is 11.4 Å². The van der Waals surface area contributed by atoms with Gasteiger partial charge in [-0.1, -0.05) is 12.1 Å². The van der Waals surface area contributed by atoms with Gasteiger partial charge in [-0.25, -0.2) is 0 Å². The molecule has 1 N–H and O–H groups in total. The van der Waals surface area contributed by atoms with Crippen molar-refractivity contribution in [1.82, 2.24) is 0 Å². The Hall–Kier alpha value is -3.42. The van der Waals surface area contributed by atoms with Crippen LogP contribution in [0.1, 0.15) is 5.56 Å². The normalized spacial score (nSPS) is 9.96. The first-order valence-corrected chi connectivity index (χ1v) is 7.31. The second-order valence-corrected chi connectivity index (χ2v) is 5.04. The number of nitrogens with zero attached hydrogens (tertiary/aromatic N) is 1. The molecular formula is C17H16N2O6. The molecule has 1 amide bonds.